The van der Waals surface area contributed by atoms with Gasteiger partial charge in [-0.2, -0.15) is 0 Å². The number of hydrogen-bond donors (Lipinski definition) is 0. The Kier molecular flexibility index (Phi) is 1.88. The highest BCUT2D eigenvalue weighted by Crippen LogP contribution is 2.56. The van der Waals surface area contributed by atoms with Crippen LogP contribution < -0.4 is 0 Å². The monoisotopic (exact) mass is 168 g/mol. The fraction of sp³-hybridized carbons (Fsp3) is 1.00. The Morgan fingerprint density at radius 3 is 2.40 bits per heavy atom. The molecule has 0 saturated carbocycles. The molecule has 0 amide bonds. The predicted octanol–water partition coefficient (Wildman–Crippen LogP) is 2.41. The molecule has 0 aromatic rings. The summed E-state index contributed by atoms with van der Waals surface area (Å²) in [5.41, 5.74) is 0. The standard InChI is InChI=1S/C6H11F2OP/c1-2-10(9)4-3-6(7,8)5-10/h2-5H2,1H3. The van der Waals surface area contributed by atoms with Gasteiger partial charge in [0.1, 0.15) is 0 Å². The van der Waals surface area contributed by atoms with E-state index in [1.807, 2.05) is 0 Å². The van der Waals surface area contributed by atoms with Crippen LogP contribution in [-0.2, 0) is 4.57 Å². The lowest BCUT2D eigenvalue weighted by atomic mass is 10.3. The van der Waals surface area contributed by atoms with Gasteiger partial charge in [-0.15, -0.1) is 0 Å². The summed E-state index contributed by atoms with van der Waals surface area (Å²) in [5, 5.41) is 0. The quantitative estimate of drug-likeness (QED) is 0.549. The minimum atomic E-state index is -2.63. The summed E-state index contributed by atoms with van der Waals surface area (Å²) in [5.74, 6) is -2.63. The maximum absolute atomic E-state index is 12.5. The third kappa shape index (κ3) is 1.57. The molecule has 0 aliphatic carbocycles. The molecule has 0 N–H and O–H groups in total. The molecule has 0 aromatic carbocycles. The van der Waals surface area contributed by atoms with Crippen LogP contribution in [0.3, 0.4) is 0 Å². The SMILES string of the molecule is CCP1(=O)CCC(F)(F)C1. The topological polar surface area (TPSA) is 17.1 Å². The summed E-state index contributed by atoms with van der Waals surface area (Å²) in [6.45, 7) is 1.72. The predicted molar refractivity (Wildman–Crippen MR) is 37.4 cm³/mol. The third-order valence-corrected chi connectivity index (χ3v) is 5.21. The van der Waals surface area contributed by atoms with E-state index in [9.17, 15) is 13.3 Å². The van der Waals surface area contributed by atoms with Crippen LogP contribution in [0.5, 0.6) is 0 Å². The lowest BCUT2D eigenvalue weighted by Crippen LogP contribution is -2.13. The first kappa shape index (κ1) is 8.19. The van der Waals surface area contributed by atoms with Crippen molar-refractivity contribution >= 4 is 7.14 Å². The van der Waals surface area contributed by atoms with Gasteiger partial charge in [0.05, 0.1) is 13.3 Å². The molecular formula is C6H11F2OP. The Morgan fingerprint density at radius 1 is 1.60 bits per heavy atom. The maximum atomic E-state index is 12.5. The molecule has 1 rings (SSSR count). The van der Waals surface area contributed by atoms with Crippen LogP contribution in [0, 0.1) is 0 Å². The average molecular weight is 168 g/mol. The molecule has 60 valence electrons. The normalized spacial score (nSPS) is 38.3. The highest BCUT2D eigenvalue weighted by molar-refractivity contribution is 7.64. The van der Waals surface area contributed by atoms with Gasteiger partial charge in [-0.3, -0.25) is 0 Å². The summed E-state index contributed by atoms with van der Waals surface area (Å²) < 4.78 is 36.2. The first-order chi connectivity index (χ1) is 4.47. The Morgan fingerprint density at radius 2 is 2.20 bits per heavy atom. The van der Waals surface area contributed by atoms with Crippen LogP contribution in [0.25, 0.3) is 0 Å². The molecule has 1 nitrogen and oxygen atoms in total. The highest BCUT2D eigenvalue weighted by atomic mass is 31.2. The van der Waals surface area contributed by atoms with Crippen LogP contribution in [0.1, 0.15) is 13.3 Å². The van der Waals surface area contributed by atoms with Gasteiger partial charge >= 0.3 is 0 Å². The Bertz CT molecular complexity index is 179. The zero-order chi connectivity index (χ0) is 7.83. The van der Waals surface area contributed by atoms with Gasteiger partial charge in [0.2, 0.25) is 0 Å². The maximum Gasteiger partial charge on any atom is 0.255 e. The summed E-state index contributed by atoms with van der Waals surface area (Å²) in [7, 11) is -2.42. The van der Waals surface area contributed by atoms with Gasteiger partial charge in [-0.1, -0.05) is 6.92 Å². The van der Waals surface area contributed by atoms with Gasteiger partial charge in [0, 0.05) is 12.6 Å². The minimum Gasteiger partial charge on any atom is -0.323 e. The number of alkyl halides is 2. The third-order valence-electron chi connectivity index (χ3n) is 1.98. The lowest BCUT2D eigenvalue weighted by Gasteiger charge is -2.08. The molecule has 0 radical (unpaired) electrons. The average Bonchev–Trinajstić information content (AvgIpc) is 2.08. The van der Waals surface area contributed by atoms with Crippen molar-refractivity contribution in [3.63, 3.8) is 0 Å². The van der Waals surface area contributed by atoms with Crippen molar-refractivity contribution in [2.75, 3.05) is 18.5 Å². The molecule has 1 unspecified atom stereocenters. The summed E-state index contributed by atoms with van der Waals surface area (Å²) in [4.78, 5) is 0. The minimum absolute atomic E-state index is 0.169. The van der Waals surface area contributed by atoms with Crippen LogP contribution in [0.2, 0.25) is 0 Å². The Balaban J connectivity index is 2.67. The van der Waals surface area contributed by atoms with Crippen molar-refractivity contribution in [1.82, 2.24) is 0 Å². The molecule has 4 heteroatoms. The summed E-state index contributed by atoms with van der Waals surface area (Å²) in [6, 6.07) is 0. The fourth-order valence-corrected chi connectivity index (χ4v) is 3.65. The molecule has 0 bridgehead atoms. The largest absolute Gasteiger partial charge is 0.323 e. The van der Waals surface area contributed by atoms with E-state index < -0.39 is 13.1 Å². The van der Waals surface area contributed by atoms with E-state index in [1.165, 1.54) is 0 Å². The number of rotatable bonds is 1. The van der Waals surface area contributed by atoms with Crippen molar-refractivity contribution in [2.45, 2.75) is 19.3 Å². The van der Waals surface area contributed by atoms with E-state index >= 15 is 0 Å². The van der Waals surface area contributed by atoms with Crippen molar-refractivity contribution in [3.05, 3.63) is 0 Å². The zero-order valence-electron chi connectivity index (χ0n) is 5.94. The van der Waals surface area contributed by atoms with Gasteiger partial charge < -0.3 is 4.57 Å². The van der Waals surface area contributed by atoms with Crippen molar-refractivity contribution < 1.29 is 13.3 Å². The molecule has 10 heavy (non-hydrogen) atoms. The van der Waals surface area contributed by atoms with Gasteiger partial charge in [0.15, 0.2) is 0 Å². The van der Waals surface area contributed by atoms with Crippen LogP contribution in [0.4, 0.5) is 8.78 Å². The Hall–Kier alpha value is 0.0900. The van der Waals surface area contributed by atoms with Gasteiger partial charge in [-0.25, -0.2) is 8.78 Å². The molecule has 0 spiro atoms. The second kappa shape index (κ2) is 2.30. The van der Waals surface area contributed by atoms with Crippen molar-refractivity contribution in [1.29, 1.82) is 0 Å². The lowest BCUT2D eigenvalue weighted by molar-refractivity contribution is 0.0303. The first-order valence-corrected chi connectivity index (χ1v) is 5.69. The smallest absolute Gasteiger partial charge is 0.255 e. The number of halogens is 2. The molecule has 0 aromatic heterocycles. The van der Waals surface area contributed by atoms with E-state index in [0.29, 0.717) is 6.16 Å². The molecule has 1 heterocycles. The van der Waals surface area contributed by atoms with Crippen molar-refractivity contribution in [3.8, 4) is 0 Å². The highest BCUT2D eigenvalue weighted by Gasteiger charge is 2.45. The second-order valence-electron chi connectivity index (χ2n) is 2.86. The van der Waals surface area contributed by atoms with E-state index in [0.717, 1.165) is 0 Å². The van der Waals surface area contributed by atoms with Crippen LogP contribution >= 0.6 is 7.14 Å². The Labute approximate surface area is 59.2 Å². The van der Waals surface area contributed by atoms with Crippen LogP contribution in [0.15, 0.2) is 0 Å². The summed E-state index contributed by atoms with van der Waals surface area (Å²) >= 11 is 0. The summed E-state index contributed by atoms with van der Waals surface area (Å²) in [6.07, 6.45) is 0.160. The molecule has 1 aliphatic rings. The molecule has 1 fully saturated rings. The fourth-order valence-electron chi connectivity index (χ4n) is 1.22. The van der Waals surface area contributed by atoms with E-state index in [4.69, 9.17) is 0 Å². The van der Waals surface area contributed by atoms with E-state index in [2.05, 4.69) is 0 Å². The first-order valence-electron chi connectivity index (χ1n) is 3.42. The second-order valence-corrected chi connectivity index (χ2v) is 6.37. The van der Waals surface area contributed by atoms with Gasteiger partial charge in [0.25, 0.3) is 5.92 Å². The van der Waals surface area contributed by atoms with E-state index in [-0.39, 0.29) is 18.7 Å². The van der Waals surface area contributed by atoms with Crippen molar-refractivity contribution in [2.24, 2.45) is 0 Å². The zero-order valence-corrected chi connectivity index (χ0v) is 6.83. The molecule has 1 saturated heterocycles. The van der Waals surface area contributed by atoms with E-state index in [1.54, 1.807) is 6.92 Å². The molecule has 1 aliphatic heterocycles. The molecule has 1 atom stereocenters. The van der Waals surface area contributed by atoms with Crippen LogP contribution in [-0.4, -0.2) is 24.4 Å². The number of hydrogen-bond acceptors (Lipinski definition) is 1. The molecular weight excluding hydrogens is 157 g/mol. The van der Waals surface area contributed by atoms with Gasteiger partial charge in [-0.05, 0) is 6.16 Å².